The molecule has 1 aliphatic carbocycles. The van der Waals surface area contributed by atoms with Crippen molar-refractivity contribution in [2.24, 2.45) is 23.7 Å². The number of amides is 1. The molecule has 1 heterocycles. The zero-order valence-electron chi connectivity index (χ0n) is 18.6. The lowest BCUT2D eigenvalue weighted by atomic mass is 9.69. The van der Waals surface area contributed by atoms with E-state index in [1.54, 1.807) is 6.92 Å². The maximum atomic E-state index is 13.5. The molecule has 2 aliphatic rings. The summed E-state index contributed by atoms with van der Waals surface area (Å²) in [6, 6.07) is 19.5. The van der Waals surface area contributed by atoms with Crippen LogP contribution in [0.5, 0.6) is 0 Å². The summed E-state index contributed by atoms with van der Waals surface area (Å²) in [6.07, 6.45) is 1.99. The number of rotatable bonds is 8. The quantitative estimate of drug-likeness (QED) is 0.486. The van der Waals surface area contributed by atoms with E-state index in [2.05, 4.69) is 15.9 Å². The topological polar surface area (TPSA) is 65.1 Å². The van der Waals surface area contributed by atoms with Crippen molar-refractivity contribution in [2.75, 3.05) is 19.8 Å². The molecule has 0 radical (unpaired) electrons. The van der Waals surface area contributed by atoms with Crippen LogP contribution in [0.1, 0.15) is 18.1 Å². The maximum absolute atomic E-state index is 13.5. The van der Waals surface area contributed by atoms with Crippen molar-refractivity contribution in [3.05, 3.63) is 82.3 Å². The lowest BCUT2D eigenvalue weighted by Gasteiger charge is -2.44. The standard InChI is InChI=1S/C26H28BrNO5/c1-2-32-26(30)24-21(17-31-15-19-11-7-4-8-12-19)22(27)13-20-16-33-28(25(29)23(20)24)14-18-9-5-3-6-10-18/h3-13,20-21,23-24H,2,14-17H2,1H3/t20-,21-,23+,24+/m1/s1. The largest absolute Gasteiger partial charge is 0.466 e. The van der Waals surface area contributed by atoms with Crippen LogP contribution in [-0.2, 0) is 37.1 Å². The zero-order chi connectivity index (χ0) is 23.2. The van der Waals surface area contributed by atoms with Gasteiger partial charge in [0.25, 0.3) is 5.91 Å². The summed E-state index contributed by atoms with van der Waals surface area (Å²) in [6.45, 7) is 3.41. The van der Waals surface area contributed by atoms with E-state index >= 15 is 0 Å². The molecule has 1 fully saturated rings. The third-order valence-electron chi connectivity index (χ3n) is 6.10. The summed E-state index contributed by atoms with van der Waals surface area (Å²) in [5.41, 5.74) is 2.02. The van der Waals surface area contributed by atoms with Crippen LogP contribution in [0.25, 0.3) is 0 Å². The molecule has 1 aliphatic heterocycles. The molecule has 2 aromatic rings. The number of benzene rings is 2. The van der Waals surface area contributed by atoms with E-state index in [4.69, 9.17) is 14.3 Å². The first-order valence-corrected chi connectivity index (χ1v) is 12.0. The molecule has 1 saturated heterocycles. The van der Waals surface area contributed by atoms with Gasteiger partial charge in [0, 0.05) is 11.8 Å². The van der Waals surface area contributed by atoms with Crippen LogP contribution in [0, 0.1) is 23.7 Å². The van der Waals surface area contributed by atoms with Gasteiger partial charge in [0.1, 0.15) is 0 Å². The zero-order valence-corrected chi connectivity index (χ0v) is 20.1. The second kappa shape index (κ2) is 11.1. The van der Waals surface area contributed by atoms with Crippen molar-refractivity contribution in [2.45, 2.75) is 20.1 Å². The molecular weight excluding hydrogens is 486 g/mol. The first kappa shape index (κ1) is 23.7. The number of fused-ring (bicyclic) bond motifs is 1. The monoisotopic (exact) mass is 513 g/mol. The van der Waals surface area contributed by atoms with E-state index in [9.17, 15) is 9.59 Å². The minimum absolute atomic E-state index is 0.197. The van der Waals surface area contributed by atoms with Crippen LogP contribution in [0.2, 0.25) is 0 Å². The lowest BCUT2D eigenvalue weighted by molar-refractivity contribution is -0.224. The van der Waals surface area contributed by atoms with E-state index < -0.39 is 11.8 Å². The van der Waals surface area contributed by atoms with Crippen molar-refractivity contribution in [1.29, 1.82) is 0 Å². The Labute approximate surface area is 202 Å². The predicted molar refractivity (Wildman–Crippen MR) is 127 cm³/mol. The highest BCUT2D eigenvalue weighted by atomic mass is 79.9. The molecule has 0 unspecified atom stereocenters. The number of hydrogen-bond acceptors (Lipinski definition) is 5. The average Bonchev–Trinajstić information content (AvgIpc) is 2.83. The molecule has 0 aromatic heterocycles. The maximum Gasteiger partial charge on any atom is 0.310 e. The van der Waals surface area contributed by atoms with Gasteiger partial charge in [-0.1, -0.05) is 82.7 Å². The van der Waals surface area contributed by atoms with Gasteiger partial charge in [-0.15, -0.1) is 0 Å². The van der Waals surface area contributed by atoms with Gasteiger partial charge in [-0.05, 0) is 22.5 Å². The number of hydroxylamine groups is 2. The fourth-order valence-corrected chi connectivity index (χ4v) is 5.25. The van der Waals surface area contributed by atoms with Gasteiger partial charge in [0.05, 0.1) is 44.8 Å². The van der Waals surface area contributed by atoms with Gasteiger partial charge in [-0.2, -0.15) is 0 Å². The smallest absolute Gasteiger partial charge is 0.310 e. The number of hydrogen-bond donors (Lipinski definition) is 0. The molecule has 4 atom stereocenters. The molecule has 0 spiro atoms. The van der Waals surface area contributed by atoms with Crippen LogP contribution in [0.4, 0.5) is 0 Å². The van der Waals surface area contributed by atoms with Crippen molar-refractivity contribution < 1.29 is 23.9 Å². The van der Waals surface area contributed by atoms with Gasteiger partial charge in [0.2, 0.25) is 0 Å². The van der Waals surface area contributed by atoms with Crippen LogP contribution in [-0.4, -0.2) is 36.8 Å². The van der Waals surface area contributed by atoms with Crippen LogP contribution < -0.4 is 0 Å². The van der Waals surface area contributed by atoms with Crippen LogP contribution >= 0.6 is 15.9 Å². The van der Waals surface area contributed by atoms with E-state index in [0.717, 1.165) is 15.6 Å². The first-order valence-electron chi connectivity index (χ1n) is 11.2. The predicted octanol–water partition coefficient (Wildman–Crippen LogP) is 4.50. The molecule has 0 bridgehead atoms. The van der Waals surface area contributed by atoms with Gasteiger partial charge < -0.3 is 9.47 Å². The summed E-state index contributed by atoms with van der Waals surface area (Å²) < 4.78 is 12.3. The van der Waals surface area contributed by atoms with Gasteiger partial charge in [0.15, 0.2) is 0 Å². The number of esters is 1. The number of carbonyl (C=O) groups excluding carboxylic acids is 2. The molecule has 33 heavy (non-hydrogen) atoms. The number of ether oxygens (including phenoxy) is 2. The molecular formula is C26H28BrNO5. The fraction of sp³-hybridized carbons (Fsp3) is 0.385. The lowest BCUT2D eigenvalue weighted by Crippen LogP contribution is -2.54. The van der Waals surface area contributed by atoms with E-state index in [0.29, 0.717) is 26.4 Å². The van der Waals surface area contributed by atoms with Crippen molar-refractivity contribution >= 4 is 27.8 Å². The number of carbonyl (C=O) groups is 2. The second-order valence-electron chi connectivity index (χ2n) is 8.28. The van der Waals surface area contributed by atoms with Crippen LogP contribution in [0.15, 0.2) is 71.2 Å². The number of nitrogens with zero attached hydrogens (tertiary/aromatic N) is 1. The molecule has 1 amide bonds. The summed E-state index contributed by atoms with van der Waals surface area (Å²) >= 11 is 3.64. The minimum Gasteiger partial charge on any atom is -0.466 e. The Bertz CT molecular complexity index is 981. The molecule has 174 valence electrons. The molecule has 0 N–H and O–H groups in total. The van der Waals surface area contributed by atoms with E-state index in [1.165, 1.54) is 5.06 Å². The Balaban J connectivity index is 1.54. The van der Waals surface area contributed by atoms with Gasteiger partial charge in [-0.3, -0.25) is 14.4 Å². The van der Waals surface area contributed by atoms with Crippen molar-refractivity contribution in [3.63, 3.8) is 0 Å². The average molecular weight is 514 g/mol. The summed E-state index contributed by atoms with van der Waals surface area (Å²) in [5, 5.41) is 1.39. The Morgan fingerprint density at radius 2 is 1.76 bits per heavy atom. The highest BCUT2D eigenvalue weighted by molar-refractivity contribution is 9.11. The third-order valence-corrected chi connectivity index (χ3v) is 6.95. The summed E-state index contributed by atoms with van der Waals surface area (Å²) in [4.78, 5) is 32.5. The normalized spacial score (nSPS) is 24.7. The minimum atomic E-state index is -0.653. The van der Waals surface area contributed by atoms with Gasteiger partial charge >= 0.3 is 5.97 Å². The Morgan fingerprint density at radius 3 is 2.42 bits per heavy atom. The third kappa shape index (κ3) is 5.54. The van der Waals surface area contributed by atoms with Crippen LogP contribution in [0.3, 0.4) is 0 Å². The molecule has 2 aromatic carbocycles. The highest BCUT2D eigenvalue weighted by Crippen LogP contribution is 2.44. The summed E-state index contributed by atoms with van der Waals surface area (Å²) in [7, 11) is 0. The molecule has 6 nitrogen and oxygen atoms in total. The SMILES string of the molecule is CCOC(=O)[C@@H]1[C@H]2C(=O)N(Cc3ccccc3)OC[C@H]2C=C(Br)[C@H]1COCc1ccccc1. The number of halogens is 1. The molecule has 7 heteroatoms. The Morgan fingerprint density at radius 1 is 1.09 bits per heavy atom. The fourth-order valence-electron chi connectivity index (χ4n) is 4.50. The summed E-state index contributed by atoms with van der Waals surface area (Å²) in [5.74, 6) is -2.31. The van der Waals surface area contributed by atoms with Gasteiger partial charge in [-0.25, -0.2) is 5.06 Å². The van der Waals surface area contributed by atoms with E-state index in [-0.39, 0.29) is 30.3 Å². The highest BCUT2D eigenvalue weighted by Gasteiger charge is 2.51. The van der Waals surface area contributed by atoms with Crippen molar-refractivity contribution in [3.8, 4) is 0 Å². The second-order valence-corrected chi connectivity index (χ2v) is 9.20. The molecule has 0 saturated carbocycles. The Kier molecular flexibility index (Phi) is 7.96. The molecule has 4 rings (SSSR count). The first-order chi connectivity index (χ1) is 16.1. The van der Waals surface area contributed by atoms with E-state index in [1.807, 2.05) is 66.7 Å². The van der Waals surface area contributed by atoms with Crippen molar-refractivity contribution in [1.82, 2.24) is 5.06 Å². The Hall–Kier alpha value is -2.48.